The molecule has 25 heavy (non-hydrogen) atoms. The molecule has 2 aromatic rings. The van der Waals surface area contributed by atoms with Crippen LogP contribution >= 0.6 is 0 Å². The first-order chi connectivity index (χ1) is 12.2. The molecule has 1 aromatic heterocycles. The van der Waals surface area contributed by atoms with Crippen LogP contribution in [-0.4, -0.2) is 45.8 Å². The largest absolute Gasteiger partial charge is 0.380 e. The van der Waals surface area contributed by atoms with Crippen molar-refractivity contribution in [2.75, 3.05) is 25.0 Å². The van der Waals surface area contributed by atoms with Crippen molar-refractivity contribution in [2.45, 2.75) is 31.0 Å². The van der Waals surface area contributed by atoms with Crippen molar-refractivity contribution in [2.24, 2.45) is 7.05 Å². The first-order valence-corrected chi connectivity index (χ1v) is 8.74. The lowest BCUT2D eigenvalue weighted by Gasteiger charge is -2.23. The summed E-state index contributed by atoms with van der Waals surface area (Å²) in [5, 5.41) is 12.6. The third-order valence-corrected chi connectivity index (χ3v) is 5.27. The number of nitriles is 1. The number of anilines is 1. The Morgan fingerprint density at radius 2 is 2.40 bits per heavy atom. The number of aryl methyl sites for hydroxylation is 1. The van der Waals surface area contributed by atoms with E-state index in [0.29, 0.717) is 11.6 Å². The molecule has 2 atom stereocenters. The summed E-state index contributed by atoms with van der Waals surface area (Å²) in [6, 6.07) is 10.1. The lowest BCUT2D eigenvalue weighted by molar-refractivity contribution is 0.0118. The first kappa shape index (κ1) is 16.1. The molecule has 0 saturated carbocycles. The van der Waals surface area contributed by atoms with Crippen molar-refractivity contribution in [1.29, 1.82) is 5.26 Å². The van der Waals surface area contributed by atoms with Crippen LogP contribution in [0.5, 0.6) is 0 Å². The van der Waals surface area contributed by atoms with E-state index in [2.05, 4.69) is 25.8 Å². The van der Waals surface area contributed by atoms with Gasteiger partial charge in [0, 0.05) is 45.0 Å². The Morgan fingerprint density at radius 1 is 1.48 bits per heavy atom. The molecular formula is C19H23N5O. The molecule has 0 bridgehead atoms. The summed E-state index contributed by atoms with van der Waals surface area (Å²) in [5.41, 5.74) is 2.87. The Balaban J connectivity index is 1.36. The number of nitrogens with one attached hydrogen (secondary N) is 1. The molecule has 1 aromatic carbocycles. The quantitative estimate of drug-likeness (QED) is 0.926. The highest BCUT2D eigenvalue weighted by Gasteiger charge is 2.45. The fraction of sp³-hybridized carbons (Fsp3) is 0.474. The van der Waals surface area contributed by atoms with Crippen molar-refractivity contribution in [3.05, 3.63) is 48.0 Å². The van der Waals surface area contributed by atoms with E-state index in [1.54, 1.807) is 0 Å². The Kier molecular flexibility index (Phi) is 4.20. The van der Waals surface area contributed by atoms with Crippen LogP contribution < -0.4 is 5.32 Å². The Morgan fingerprint density at radius 3 is 3.20 bits per heavy atom. The molecule has 2 unspecified atom stereocenters. The van der Waals surface area contributed by atoms with Crippen LogP contribution in [-0.2, 0) is 18.3 Å². The summed E-state index contributed by atoms with van der Waals surface area (Å²) in [5.74, 6) is 0. The van der Waals surface area contributed by atoms with Crippen LogP contribution in [0.25, 0.3) is 0 Å². The summed E-state index contributed by atoms with van der Waals surface area (Å²) in [4.78, 5) is 6.65. The maximum absolute atomic E-state index is 9.03. The highest BCUT2D eigenvalue weighted by atomic mass is 16.5. The Bertz CT molecular complexity index is 795. The number of imidazole rings is 1. The molecule has 4 rings (SSSR count). The molecule has 2 saturated heterocycles. The van der Waals surface area contributed by atoms with Gasteiger partial charge in [-0.1, -0.05) is 6.07 Å². The van der Waals surface area contributed by atoms with Gasteiger partial charge in [-0.25, -0.2) is 4.98 Å². The molecule has 6 heteroatoms. The standard InChI is InChI=1S/C19H23N5O/c1-23-14-21-10-18(23)11-24-6-5-19(13-24)8-17(12-25-19)22-16-4-2-3-15(7-16)9-20/h2-4,7,10,14,17,22H,5-6,8,11-13H2,1H3. The Labute approximate surface area is 148 Å². The van der Waals surface area contributed by atoms with Gasteiger partial charge in [-0.05, 0) is 24.6 Å². The van der Waals surface area contributed by atoms with Crippen molar-refractivity contribution in [3.8, 4) is 6.07 Å². The highest BCUT2D eigenvalue weighted by Crippen LogP contribution is 2.36. The van der Waals surface area contributed by atoms with E-state index in [1.807, 2.05) is 43.8 Å². The smallest absolute Gasteiger partial charge is 0.0992 e. The van der Waals surface area contributed by atoms with Gasteiger partial charge in [0.05, 0.1) is 41.9 Å². The molecule has 6 nitrogen and oxygen atoms in total. The number of benzene rings is 1. The average Bonchev–Trinajstić information content (AvgIpc) is 3.31. The summed E-state index contributed by atoms with van der Waals surface area (Å²) < 4.78 is 8.31. The molecule has 1 N–H and O–H groups in total. The molecule has 0 radical (unpaired) electrons. The van der Waals surface area contributed by atoms with E-state index in [-0.39, 0.29) is 5.60 Å². The molecule has 0 aliphatic carbocycles. The van der Waals surface area contributed by atoms with Crippen molar-refractivity contribution in [1.82, 2.24) is 14.5 Å². The minimum Gasteiger partial charge on any atom is -0.380 e. The normalized spacial score (nSPS) is 26.2. The average molecular weight is 337 g/mol. The van der Waals surface area contributed by atoms with E-state index < -0.39 is 0 Å². The van der Waals surface area contributed by atoms with Gasteiger partial charge in [-0.2, -0.15) is 5.26 Å². The molecule has 3 heterocycles. The van der Waals surface area contributed by atoms with Crippen LogP contribution in [0.2, 0.25) is 0 Å². The maximum atomic E-state index is 9.03. The van der Waals surface area contributed by atoms with Gasteiger partial charge in [-0.3, -0.25) is 4.90 Å². The number of aromatic nitrogens is 2. The zero-order valence-corrected chi connectivity index (χ0v) is 14.5. The number of hydrogen-bond donors (Lipinski definition) is 1. The molecule has 0 amide bonds. The third-order valence-electron chi connectivity index (χ3n) is 5.27. The number of nitrogens with zero attached hydrogens (tertiary/aromatic N) is 4. The highest BCUT2D eigenvalue weighted by molar-refractivity contribution is 5.50. The van der Waals surface area contributed by atoms with Crippen molar-refractivity contribution < 1.29 is 4.74 Å². The molecular weight excluding hydrogens is 314 g/mol. The summed E-state index contributed by atoms with van der Waals surface area (Å²) >= 11 is 0. The van der Waals surface area contributed by atoms with Crippen LogP contribution in [0.1, 0.15) is 24.1 Å². The number of likely N-dealkylation sites (tertiary alicyclic amines) is 1. The minimum absolute atomic E-state index is 0.0386. The predicted molar refractivity (Wildman–Crippen MR) is 95.0 cm³/mol. The second-order valence-corrected chi connectivity index (χ2v) is 7.19. The third kappa shape index (κ3) is 3.39. The molecule has 130 valence electrons. The van der Waals surface area contributed by atoms with Crippen LogP contribution in [0, 0.1) is 11.3 Å². The van der Waals surface area contributed by atoms with E-state index in [9.17, 15) is 0 Å². The fourth-order valence-electron chi connectivity index (χ4n) is 3.96. The Hall–Kier alpha value is -2.36. The number of rotatable bonds is 4. The van der Waals surface area contributed by atoms with Gasteiger partial charge >= 0.3 is 0 Å². The SMILES string of the molecule is Cn1cncc1CN1CCC2(CC(Nc3cccc(C#N)c3)CO2)C1. The zero-order valence-electron chi connectivity index (χ0n) is 14.5. The topological polar surface area (TPSA) is 66.1 Å². The van der Waals surface area contributed by atoms with Gasteiger partial charge in [0.2, 0.25) is 0 Å². The zero-order chi connectivity index (χ0) is 17.3. The van der Waals surface area contributed by atoms with E-state index in [0.717, 1.165) is 44.8 Å². The summed E-state index contributed by atoms with van der Waals surface area (Å²) in [6.45, 7) is 3.66. The molecule has 1 spiro atoms. The lowest BCUT2D eigenvalue weighted by Crippen LogP contribution is -2.33. The predicted octanol–water partition coefficient (Wildman–Crippen LogP) is 2.14. The summed E-state index contributed by atoms with van der Waals surface area (Å²) in [6.07, 6.45) is 5.86. The van der Waals surface area contributed by atoms with Crippen LogP contribution in [0.3, 0.4) is 0 Å². The second kappa shape index (κ2) is 6.51. The van der Waals surface area contributed by atoms with Gasteiger partial charge in [0.25, 0.3) is 0 Å². The number of ether oxygens (including phenoxy) is 1. The maximum Gasteiger partial charge on any atom is 0.0992 e. The molecule has 2 aliphatic heterocycles. The van der Waals surface area contributed by atoms with Gasteiger partial charge in [0.15, 0.2) is 0 Å². The van der Waals surface area contributed by atoms with E-state index in [4.69, 9.17) is 10.00 Å². The lowest BCUT2D eigenvalue weighted by atomic mass is 9.97. The van der Waals surface area contributed by atoms with E-state index in [1.165, 1.54) is 5.69 Å². The number of hydrogen-bond acceptors (Lipinski definition) is 5. The second-order valence-electron chi connectivity index (χ2n) is 7.19. The van der Waals surface area contributed by atoms with E-state index >= 15 is 0 Å². The van der Waals surface area contributed by atoms with Gasteiger partial charge < -0.3 is 14.6 Å². The molecule has 2 aliphatic rings. The van der Waals surface area contributed by atoms with Crippen molar-refractivity contribution >= 4 is 5.69 Å². The minimum atomic E-state index is -0.0386. The van der Waals surface area contributed by atoms with Crippen LogP contribution in [0.4, 0.5) is 5.69 Å². The van der Waals surface area contributed by atoms with Crippen LogP contribution in [0.15, 0.2) is 36.8 Å². The fourth-order valence-corrected chi connectivity index (χ4v) is 3.96. The van der Waals surface area contributed by atoms with Crippen molar-refractivity contribution in [3.63, 3.8) is 0 Å². The van der Waals surface area contributed by atoms with Gasteiger partial charge in [0.1, 0.15) is 0 Å². The van der Waals surface area contributed by atoms with Gasteiger partial charge in [-0.15, -0.1) is 0 Å². The molecule has 2 fully saturated rings. The first-order valence-electron chi connectivity index (χ1n) is 8.74. The summed E-state index contributed by atoms with van der Waals surface area (Å²) in [7, 11) is 2.04. The monoisotopic (exact) mass is 337 g/mol.